The number of carbonyl (C=O) groups excluding carboxylic acids is 1. The van der Waals surface area contributed by atoms with Crippen LogP contribution in [-0.2, 0) is 20.9 Å². The number of hydrogen-bond acceptors (Lipinski definition) is 6. The van der Waals surface area contributed by atoms with Crippen LogP contribution in [0.2, 0.25) is 0 Å². The second-order valence-electron chi connectivity index (χ2n) is 3.77. The molecule has 0 aliphatic carbocycles. The van der Waals surface area contributed by atoms with Gasteiger partial charge in [-0.3, -0.25) is 0 Å². The maximum absolute atomic E-state index is 11.5. The first-order valence-electron chi connectivity index (χ1n) is 5.58. The molecule has 1 atom stereocenters. The first kappa shape index (κ1) is 15.3. The highest BCUT2D eigenvalue weighted by Crippen LogP contribution is 2.36. The van der Waals surface area contributed by atoms with E-state index in [4.69, 9.17) is 14.2 Å². The SMILES string of the molecule is COCc1cc(OC)c(C(O)C(=O)OC)c(OC)c1. The second-order valence-corrected chi connectivity index (χ2v) is 3.77. The number of aliphatic hydroxyl groups excluding tert-OH is 1. The number of aliphatic hydroxyl groups is 1. The molecule has 1 aromatic rings. The fraction of sp³-hybridized carbons (Fsp3) is 0.462. The Morgan fingerprint density at radius 1 is 1.16 bits per heavy atom. The Morgan fingerprint density at radius 3 is 2.05 bits per heavy atom. The van der Waals surface area contributed by atoms with Crippen molar-refractivity contribution >= 4 is 5.97 Å². The molecule has 0 spiro atoms. The largest absolute Gasteiger partial charge is 0.496 e. The third kappa shape index (κ3) is 3.36. The van der Waals surface area contributed by atoms with Crippen molar-refractivity contribution in [3.8, 4) is 11.5 Å². The van der Waals surface area contributed by atoms with Gasteiger partial charge < -0.3 is 24.1 Å². The van der Waals surface area contributed by atoms with E-state index >= 15 is 0 Å². The Labute approximate surface area is 111 Å². The molecule has 0 aliphatic heterocycles. The zero-order chi connectivity index (χ0) is 14.4. The lowest BCUT2D eigenvalue weighted by Crippen LogP contribution is -2.15. The van der Waals surface area contributed by atoms with Crippen LogP contribution in [0.25, 0.3) is 0 Å². The summed E-state index contributed by atoms with van der Waals surface area (Å²) < 4.78 is 19.9. The third-order valence-electron chi connectivity index (χ3n) is 2.61. The molecule has 1 unspecified atom stereocenters. The van der Waals surface area contributed by atoms with Gasteiger partial charge in [0, 0.05) is 7.11 Å². The lowest BCUT2D eigenvalue weighted by molar-refractivity contribution is -0.150. The maximum Gasteiger partial charge on any atom is 0.339 e. The van der Waals surface area contributed by atoms with E-state index in [1.165, 1.54) is 21.3 Å². The molecule has 19 heavy (non-hydrogen) atoms. The molecular weight excluding hydrogens is 252 g/mol. The molecule has 106 valence electrons. The molecule has 6 nitrogen and oxygen atoms in total. The molecular formula is C13H18O6. The number of methoxy groups -OCH3 is 4. The molecule has 1 rings (SSSR count). The molecule has 1 N–H and O–H groups in total. The summed E-state index contributed by atoms with van der Waals surface area (Å²) in [6.45, 7) is 0.362. The van der Waals surface area contributed by atoms with Crippen LogP contribution in [0.5, 0.6) is 11.5 Å². The van der Waals surface area contributed by atoms with Gasteiger partial charge in [0.2, 0.25) is 0 Å². The smallest absolute Gasteiger partial charge is 0.339 e. The van der Waals surface area contributed by atoms with Crippen molar-refractivity contribution in [1.82, 2.24) is 0 Å². The van der Waals surface area contributed by atoms with Crippen molar-refractivity contribution in [1.29, 1.82) is 0 Å². The summed E-state index contributed by atoms with van der Waals surface area (Å²) in [7, 11) is 5.65. The average molecular weight is 270 g/mol. The van der Waals surface area contributed by atoms with Crippen molar-refractivity contribution in [3.63, 3.8) is 0 Å². The van der Waals surface area contributed by atoms with Crippen LogP contribution >= 0.6 is 0 Å². The Bertz CT molecular complexity index is 418. The molecule has 0 amide bonds. The first-order valence-corrected chi connectivity index (χ1v) is 5.58. The van der Waals surface area contributed by atoms with E-state index < -0.39 is 12.1 Å². The Kier molecular flexibility index (Phi) is 5.59. The molecule has 0 bridgehead atoms. The van der Waals surface area contributed by atoms with Crippen LogP contribution in [0.1, 0.15) is 17.2 Å². The standard InChI is InChI=1S/C13H18O6/c1-16-7-8-5-9(17-2)11(10(6-8)18-3)12(14)13(15)19-4/h5-6,12,14H,7H2,1-4H3. The van der Waals surface area contributed by atoms with E-state index in [9.17, 15) is 9.90 Å². The van der Waals surface area contributed by atoms with Crippen molar-refractivity contribution in [2.75, 3.05) is 28.4 Å². The number of hydrogen-bond donors (Lipinski definition) is 1. The summed E-state index contributed by atoms with van der Waals surface area (Å²) in [4.78, 5) is 11.5. The van der Waals surface area contributed by atoms with Crippen LogP contribution in [0.4, 0.5) is 0 Å². The molecule has 6 heteroatoms. The van der Waals surface area contributed by atoms with Crippen molar-refractivity contribution in [2.45, 2.75) is 12.7 Å². The highest BCUT2D eigenvalue weighted by atomic mass is 16.5. The summed E-state index contributed by atoms with van der Waals surface area (Å²) in [6, 6.07) is 3.35. The van der Waals surface area contributed by atoms with Gasteiger partial charge in [0.1, 0.15) is 11.5 Å². The van der Waals surface area contributed by atoms with Crippen molar-refractivity contribution in [3.05, 3.63) is 23.3 Å². The summed E-state index contributed by atoms with van der Waals surface area (Å²) in [6.07, 6.45) is -1.47. The summed E-state index contributed by atoms with van der Waals surface area (Å²) in [5.41, 5.74) is 1.04. The molecule has 0 aliphatic rings. The number of rotatable bonds is 6. The predicted octanol–water partition coefficient (Wildman–Crippen LogP) is 1.06. The van der Waals surface area contributed by atoms with Crippen LogP contribution in [0.15, 0.2) is 12.1 Å². The maximum atomic E-state index is 11.5. The lowest BCUT2D eigenvalue weighted by atomic mass is 10.0. The molecule has 0 fully saturated rings. The van der Waals surface area contributed by atoms with Gasteiger partial charge in [0.15, 0.2) is 6.10 Å². The zero-order valence-electron chi connectivity index (χ0n) is 11.4. The topological polar surface area (TPSA) is 74.2 Å². The van der Waals surface area contributed by atoms with Gasteiger partial charge >= 0.3 is 5.97 Å². The van der Waals surface area contributed by atoms with Gasteiger partial charge in [-0.1, -0.05) is 0 Å². The van der Waals surface area contributed by atoms with Crippen LogP contribution < -0.4 is 9.47 Å². The minimum absolute atomic E-state index is 0.233. The number of esters is 1. The normalized spacial score (nSPS) is 11.8. The molecule has 0 heterocycles. The van der Waals surface area contributed by atoms with Gasteiger partial charge in [-0.25, -0.2) is 4.79 Å². The minimum atomic E-state index is -1.47. The van der Waals surface area contributed by atoms with E-state index in [1.807, 2.05) is 0 Å². The molecule has 0 aromatic heterocycles. The Hall–Kier alpha value is -1.79. The molecule has 1 aromatic carbocycles. The quantitative estimate of drug-likeness (QED) is 0.779. The number of ether oxygens (including phenoxy) is 4. The Balaban J connectivity index is 3.31. The second kappa shape index (κ2) is 6.96. The first-order chi connectivity index (χ1) is 9.08. The predicted molar refractivity (Wildman–Crippen MR) is 67.2 cm³/mol. The van der Waals surface area contributed by atoms with E-state index in [-0.39, 0.29) is 5.56 Å². The van der Waals surface area contributed by atoms with Crippen LogP contribution in [-0.4, -0.2) is 39.5 Å². The van der Waals surface area contributed by atoms with E-state index in [0.717, 1.165) is 5.56 Å². The van der Waals surface area contributed by atoms with Crippen LogP contribution in [0, 0.1) is 0 Å². The van der Waals surface area contributed by atoms with E-state index in [1.54, 1.807) is 19.2 Å². The fourth-order valence-corrected chi connectivity index (χ4v) is 1.74. The molecule has 0 saturated heterocycles. The highest BCUT2D eigenvalue weighted by Gasteiger charge is 2.26. The summed E-state index contributed by atoms with van der Waals surface area (Å²) >= 11 is 0. The lowest BCUT2D eigenvalue weighted by Gasteiger charge is -2.18. The summed E-state index contributed by atoms with van der Waals surface area (Å²) in [5, 5.41) is 9.97. The van der Waals surface area contributed by atoms with Crippen molar-refractivity contribution < 1.29 is 28.8 Å². The minimum Gasteiger partial charge on any atom is -0.496 e. The average Bonchev–Trinajstić information content (AvgIpc) is 2.44. The highest BCUT2D eigenvalue weighted by molar-refractivity contribution is 5.78. The van der Waals surface area contributed by atoms with Gasteiger partial charge in [-0.15, -0.1) is 0 Å². The monoisotopic (exact) mass is 270 g/mol. The van der Waals surface area contributed by atoms with Crippen molar-refractivity contribution in [2.24, 2.45) is 0 Å². The van der Waals surface area contributed by atoms with Crippen LogP contribution in [0.3, 0.4) is 0 Å². The number of carbonyl (C=O) groups is 1. The van der Waals surface area contributed by atoms with Gasteiger partial charge in [-0.2, -0.15) is 0 Å². The molecule has 0 saturated carbocycles. The van der Waals surface area contributed by atoms with Gasteiger partial charge in [-0.05, 0) is 17.7 Å². The third-order valence-corrected chi connectivity index (χ3v) is 2.61. The number of benzene rings is 1. The van der Waals surface area contributed by atoms with E-state index in [2.05, 4.69) is 4.74 Å². The van der Waals surface area contributed by atoms with Gasteiger partial charge in [0.05, 0.1) is 33.5 Å². The summed E-state index contributed by atoms with van der Waals surface area (Å²) in [5.74, 6) is -0.107. The zero-order valence-corrected chi connectivity index (χ0v) is 11.4. The van der Waals surface area contributed by atoms with Gasteiger partial charge in [0.25, 0.3) is 0 Å². The fourth-order valence-electron chi connectivity index (χ4n) is 1.74. The Morgan fingerprint density at radius 2 is 1.68 bits per heavy atom. The molecule has 0 radical (unpaired) electrons. The van der Waals surface area contributed by atoms with E-state index in [0.29, 0.717) is 18.1 Å².